The summed E-state index contributed by atoms with van der Waals surface area (Å²) in [6, 6.07) is 22.8. The molecule has 0 spiro atoms. The highest BCUT2D eigenvalue weighted by atomic mass is 16.6. The van der Waals surface area contributed by atoms with Crippen LogP contribution < -0.4 is 22.1 Å². The number of aliphatic hydroxyl groups is 1. The largest absolute Gasteiger partial charge is 0.444 e. The summed E-state index contributed by atoms with van der Waals surface area (Å²) in [6.07, 6.45) is -0.499. The third kappa shape index (κ3) is 9.44. The summed E-state index contributed by atoms with van der Waals surface area (Å²) in [5, 5.41) is 17.3. The normalized spacial score (nSPS) is 13.7. The number of hydrogen-bond acceptors (Lipinski definition) is 6. The number of aliphatic hydroxyl groups excluding tert-OH is 1. The maximum absolute atomic E-state index is 13.1. The second-order valence-corrected chi connectivity index (χ2v) is 10.5. The number of ether oxygens (including phenoxy) is 1. The van der Waals surface area contributed by atoms with Crippen molar-refractivity contribution in [2.75, 3.05) is 11.5 Å². The first-order valence-corrected chi connectivity index (χ1v) is 12.7. The molecule has 3 atom stereocenters. The van der Waals surface area contributed by atoms with E-state index in [1.165, 1.54) is 0 Å². The topological polar surface area (TPSA) is 140 Å². The number of benzene rings is 3. The lowest BCUT2D eigenvalue weighted by Crippen LogP contribution is -2.49. The number of nitrogens with one attached hydrogen (secondary N) is 2. The average molecular weight is 519 g/mol. The molecule has 0 heterocycles. The zero-order valence-corrected chi connectivity index (χ0v) is 22.2. The Bertz CT molecular complexity index is 1180. The van der Waals surface area contributed by atoms with Crippen molar-refractivity contribution in [3.8, 4) is 0 Å². The Hall–Kier alpha value is -4.04. The monoisotopic (exact) mass is 518 g/mol. The van der Waals surface area contributed by atoms with Gasteiger partial charge in [0.2, 0.25) is 0 Å². The molecule has 0 aromatic heterocycles. The Morgan fingerprint density at radius 1 is 0.842 bits per heavy atom. The van der Waals surface area contributed by atoms with E-state index in [2.05, 4.69) is 10.6 Å². The zero-order valence-electron chi connectivity index (χ0n) is 22.2. The standard InChI is InChI=1S/C30H38N4O4/c1-30(2,3)38-29(37)33-25(14-20-10-6-4-7-11-20)19-27(35)26(15-21-12-8-5-9-13-21)34-28(36)22-16-23(31)18-24(32)17-22/h4-13,16-18,25-27,35H,14-15,19,31-32H2,1-3H3,(H,33,37)(H,34,36). The zero-order chi connectivity index (χ0) is 27.7. The molecule has 3 aromatic rings. The molecule has 8 heteroatoms. The predicted octanol–water partition coefficient (Wildman–Crippen LogP) is 4.08. The van der Waals surface area contributed by atoms with Gasteiger partial charge in [-0.05, 0) is 69.4 Å². The number of anilines is 2. The van der Waals surface area contributed by atoms with Crippen molar-refractivity contribution < 1.29 is 19.4 Å². The Kier molecular flexibility index (Phi) is 9.73. The van der Waals surface area contributed by atoms with Crippen LogP contribution in [0.3, 0.4) is 0 Å². The molecule has 0 aliphatic heterocycles. The summed E-state index contributed by atoms with van der Waals surface area (Å²) in [6.45, 7) is 5.38. The highest BCUT2D eigenvalue weighted by molar-refractivity contribution is 5.96. The van der Waals surface area contributed by atoms with Crippen molar-refractivity contribution in [2.45, 2.75) is 63.8 Å². The summed E-state index contributed by atoms with van der Waals surface area (Å²) in [5.74, 6) is -0.399. The molecule has 7 N–H and O–H groups in total. The number of amides is 2. The van der Waals surface area contributed by atoms with Crippen LogP contribution in [0.5, 0.6) is 0 Å². The number of alkyl carbamates (subject to hydrolysis) is 1. The van der Waals surface area contributed by atoms with Gasteiger partial charge in [0.15, 0.2) is 0 Å². The second-order valence-electron chi connectivity index (χ2n) is 10.5. The van der Waals surface area contributed by atoms with Crippen LogP contribution in [0.2, 0.25) is 0 Å². The fourth-order valence-corrected chi connectivity index (χ4v) is 4.23. The lowest BCUT2D eigenvalue weighted by atomic mass is 9.93. The van der Waals surface area contributed by atoms with Crippen LogP contribution >= 0.6 is 0 Å². The van der Waals surface area contributed by atoms with Gasteiger partial charge in [0, 0.05) is 23.0 Å². The number of carbonyl (C=O) groups is 2. The molecule has 0 saturated carbocycles. The van der Waals surface area contributed by atoms with Crippen molar-refractivity contribution in [3.05, 3.63) is 95.6 Å². The number of nitrogens with two attached hydrogens (primary N) is 2. The molecular formula is C30H38N4O4. The molecular weight excluding hydrogens is 480 g/mol. The van der Waals surface area contributed by atoms with Crippen molar-refractivity contribution in [3.63, 3.8) is 0 Å². The van der Waals surface area contributed by atoms with E-state index in [0.29, 0.717) is 29.8 Å². The first-order chi connectivity index (χ1) is 18.0. The maximum atomic E-state index is 13.1. The molecule has 202 valence electrons. The Labute approximate surface area is 224 Å². The van der Waals surface area contributed by atoms with Gasteiger partial charge in [-0.25, -0.2) is 4.79 Å². The SMILES string of the molecule is CC(C)(C)OC(=O)NC(Cc1ccccc1)CC(O)C(Cc1ccccc1)NC(=O)c1cc(N)cc(N)c1. The molecule has 2 amide bonds. The van der Waals surface area contributed by atoms with Crippen LogP contribution in [-0.4, -0.2) is 40.9 Å². The van der Waals surface area contributed by atoms with E-state index in [0.717, 1.165) is 11.1 Å². The fourth-order valence-electron chi connectivity index (χ4n) is 4.23. The van der Waals surface area contributed by atoms with Gasteiger partial charge in [0.25, 0.3) is 5.91 Å². The van der Waals surface area contributed by atoms with Crippen molar-refractivity contribution in [1.29, 1.82) is 0 Å². The first-order valence-electron chi connectivity index (χ1n) is 12.7. The quantitative estimate of drug-likeness (QED) is 0.256. The van der Waals surface area contributed by atoms with Gasteiger partial charge in [0.1, 0.15) is 5.60 Å². The van der Waals surface area contributed by atoms with Crippen molar-refractivity contribution in [1.82, 2.24) is 10.6 Å². The third-order valence-corrected chi connectivity index (χ3v) is 5.89. The summed E-state index contributed by atoms with van der Waals surface area (Å²) in [7, 11) is 0. The molecule has 3 unspecified atom stereocenters. The molecule has 3 aromatic carbocycles. The first kappa shape index (κ1) is 28.5. The number of hydrogen-bond donors (Lipinski definition) is 5. The molecule has 0 bridgehead atoms. The molecule has 0 saturated heterocycles. The fraction of sp³-hybridized carbons (Fsp3) is 0.333. The van der Waals surface area contributed by atoms with E-state index in [1.807, 2.05) is 60.7 Å². The maximum Gasteiger partial charge on any atom is 0.407 e. The summed E-state index contributed by atoms with van der Waals surface area (Å²) in [4.78, 5) is 25.8. The number of carbonyl (C=O) groups excluding carboxylic acids is 2. The van der Waals surface area contributed by atoms with E-state index in [9.17, 15) is 14.7 Å². The Balaban J connectivity index is 1.82. The Morgan fingerprint density at radius 3 is 1.89 bits per heavy atom. The van der Waals surface area contributed by atoms with Crippen LogP contribution in [0.4, 0.5) is 16.2 Å². The van der Waals surface area contributed by atoms with Gasteiger partial charge in [-0.2, -0.15) is 0 Å². The van der Waals surface area contributed by atoms with Crippen LogP contribution in [0.15, 0.2) is 78.9 Å². The molecule has 8 nitrogen and oxygen atoms in total. The lowest BCUT2D eigenvalue weighted by Gasteiger charge is -2.29. The van der Waals surface area contributed by atoms with E-state index in [-0.39, 0.29) is 6.42 Å². The van der Waals surface area contributed by atoms with Crippen LogP contribution in [-0.2, 0) is 17.6 Å². The van der Waals surface area contributed by atoms with Gasteiger partial charge in [-0.1, -0.05) is 60.7 Å². The van der Waals surface area contributed by atoms with Gasteiger partial charge >= 0.3 is 6.09 Å². The average Bonchev–Trinajstić information content (AvgIpc) is 2.83. The molecule has 0 fully saturated rings. The van der Waals surface area contributed by atoms with Crippen molar-refractivity contribution in [2.24, 2.45) is 0 Å². The van der Waals surface area contributed by atoms with Crippen molar-refractivity contribution >= 4 is 23.4 Å². The third-order valence-electron chi connectivity index (χ3n) is 5.89. The Morgan fingerprint density at radius 2 is 1.37 bits per heavy atom. The minimum absolute atomic E-state index is 0.186. The summed E-state index contributed by atoms with van der Waals surface area (Å²) in [5.41, 5.74) is 14.1. The van der Waals surface area contributed by atoms with E-state index < -0.39 is 35.8 Å². The summed E-state index contributed by atoms with van der Waals surface area (Å²) >= 11 is 0. The molecule has 0 aliphatic carbocycles. The van der Waals surface area contributed by atoms with Crippen LogP contribution in [0, 0.1) is 0 Å². The van der Waals surface area contributed by atoms with Crippen LogP contribution in [0.25, 0.3) is 0 Å². The van der Waals surface area contributed by atoms with Gasteiger partial charge in [-0.15, -0.1) is 0 Å². The molecule has 0 aliphatic rings. The molecule has 38 heavy (non-hydrogen) atoms. The highest BCUT2D eigenvalue weighted by Gasteiger charge is 2.28. The van der Waals surface area contributed by atoms with E-state index in [4.69, 9.17) is 16.2 Å². The second kappa shape index (κ2) is 13.0. The highest BCUT2D eigenvalue weighted by Crippen LogP contribution is 2.18. The number of rotatable bonds is 10. The minimum Gasteiger partial charge on any atom is -0.444 e. The van der Waals surface area contributed by atoms with Crippen LogP contribution in [0.1, 0.15) is 48.7 Å². The predicted molar refractivity (Wildman–Crippen MR) is 151 cm³/mol. The summed E-state index contributed by atoms with van der Waals surface area (Å²) < 4.78 is 5.46. The lowest BCUT2D eigenvalue weighted by molar-refractivity contribution is 0.0463. The number of nitrogen functional groups attached to an aromatic ring is 2. The minimum atomic E-state index is -0.985. The smallest absolute Gasteiger partial charge is 0.407 e. The molecule has 0 radical (unpaired) electrons. The van der Waals surface area contributed by atoms with E-state index in [1.54, 1.807) is 39.0 Å². The molecule has 3 rings (SSSR count). The van der Waals surface area contributed by atoms with Gasteiger partial charge in [0.05, 0.1) is 12.1 Å². The van der Waals surface area contributed by atoms with E-state index >= 15 is 0 Å². The van der Waals surface area contributed by atoms with Gasteiger partial charge < -0.3 is 31.9 Å². The van der Waals surface area contributed by atoms with Gasteiger partial charge in [-0.3, -0.25) is 4.79 Å².